The highest BCUT2D eigenvalue weighted by atomic mass is 16.5. The lowest BCUT2D eigenvalue weighted by atomic mass is 10.2. The number of methoxy groups -OCH3 is 1. The van der Waals surface area contributed by atoms with E-state index in [-0.39, 0.29) is 17.9 Å². The van der Waals surface area contributed by atoms with E-state index < -0.39 is 11.9 Å². The number of ether oxygens (including phenoxy) is 1. The number of aromatic nitrogens is 4. The third kappa shape index (κ3) is 3.03. The number of aromatic carboxylic acids is 1. The molecule has 0 bridgehead atoms. The fourth-order valence-corrected chi connectivity index (χ4v) is 1.95. The quantitative estimate of drug-likeness (QED) is 0.807. The molecule has 1 amide bonds. The summed E-state index contributed by atoms with van der Waals surface area (Å²) in [6, 6.07) is 0. The van der Waals surface area contributed by atoms with Crippen molar-refractivity contribution in [2.24, 2.45) is 7.05 Å². The zero-order chi connectivity index (χ0) is 16.3. The van der Waals surface area contributed by atoms with Gasteiger partial charge in [-0.1, -0.05) is 0 Å². The van der Waals surface area contributed by atoms with Gasteiger partial charge in [0.25, 0.3) is 5.91 Å². The fourth-order valence-electron chi connectivity index (χ4n) is 1.95. The SMILES string of the molecule is COc1c(CNC(=O)c2cnc(C(=O)O)cn2)c(C)nn1C. The first-order chi connectivity index (χ1) is 10.4. The van der Waals surface area contributed by atoms with Gasteiger partial charge in [0, 0.05) is 7.05 Å². The van der Waals surface area contributed by atoms with Gasteiger partial charge < -0.3 is 15.2 Å². The highest BCUT2D eigenvalue weighted by Crippen LogP contribution is 2.20. The van der Waals surface area contributed by atoms with Gasteiger partial charge in [0.15, 0.2) is 5.69 Å². The molecule has 0 fully saturated rings. The molecule has 2 heterocycles. The standard InChI is InChI=1S/C13H15N5O4/c1-7-8(12(22-3)18(2)17-7)4-16-11(19)9-5-15-10(6-14-9)13(20)21/h5-6H,4H2,1-3H3,(H,16,19)(H,20,21). The van der Waals surface area contributed by atoms with Gasteiger partial charge in [-0.25, -0.2) is 19.4 Å². The summed E-state index contributed by atoms with van der Waals surface area (Å²) < 4.78 is 6.81. The van der Waals surface area contributed by atoms with Crippen LogP contribution in [0.2, 0.25) is 0 Å². The second kappa shape index (κ2) is 6.20. The minimum absolute atomic E-state index is 0.0329. The van der Waals surface area contributed by atoms with Gasteiger partial charge in [0.05, 0.1) is 37.3 Å². The van der Waals surface area contributed by atoms with Gasteiger partial charge in [0.1, 0.15) is 5.69 Å². The summed E-state index contributed by atoms with van der Waals surface area (Å²) in [5.41, 5.74) is 1.31. The molecule has 2 N–H and O–H groups in total. The molecule has 2 rings (SSSR count). The number of nitrogens with zero attached hydrogens (tertiary/aromatic N) is 4. The number of carbonyl (C=O) groups excluding carboxylic acids is 1. The molecule has 0 atom stereocenters. The number of aryl methyl sites for hydroxylation is 2. The highest BCUT2D eigenvalue weighted by molar-refractivity contribution is 5.92. The summed E-state index contributed by atoms with van der Waals surface area (Å²) >= 11 is 0. The predicted octanol–water partition coefficient (Wildman–Crippen LogP) is 0.155. The van der Waals surface area contributed by atoms with Crippen molar-refractivity contribution < 1.29 is 19.4 Å². The van der Waals surface area contributed by atoms with Crippen LogP contribution >= 0.6 is 0 Å². The molecule has 9 nitrogen and oxygen atoms in total. The lowest BCUT2D eigenvalue weighted by Gasteiger charge is -2.06. The second-order valence-electron chi connectivity index (χ2n) is 4.47. The van der Waals surface area contributed by atoms with Gasteiger partial charge >= 0.3 is 5.97 Å². The molecular weight excluding hydrogens is 290 g/mol. The van der Waals surface area contributed by atoms with E-state index in [1.807, 2.05) is 6.92 Å². The Labute approximate surface area is 126 Å². The Morgan fingerprint density at radius 1 is 1.32 bits per heavy atom. The van der Waals surface area contributed by atoms with Crippen molar-refractivity contribution in [1.29, 1.82) is 0 Å². The lowest BCUT2D eigenvalue weighted by molar-refractivity contribution is 0.0689. The van der Waals surface area contributed by atoms with Crippen molar-refractivity contribution >= 4 is 11.9 Å². The van der Waals surface area contributed by atoms with E-state index in [1.54, 1.807) is 11.7 Å². The van der Waals surface area contributed by atoms with E-state index in [0.29, 0.717) is 5.88 Å². The van der Waals surface area contributed by atoms with Crippen molar-refractivity contribution in [2.45, 2.75) is 13.5 Å². The minimum Gasteiger partial charge on any atom is -0.481 e. The van der Waals surface area contributed by atoms with E-state index in [2.05, 4.69) is 20.4 Å². The molecule has 22 heavy (non-hydrogen) atoms. The fraction of sp³-hybridized carbons (Fsp3) is 0.308. The Kier molecular flexibility index (Phi) is 4.35. The molecule has 0 aliphatic heterocycles. The second-order valence-corrected chi connectivity index (χ2v) is 4.47. The van der Waals surface area contributed by atoms with Crippen LogP contribution in [-0.4, -0.2) is 43.8 Å². The number of nitrogens with one attached hydrogen (secondary N) is 1. The first-order valence-electron chi connectivity index (χ1n) is 6.34. The van der Waals surface area contributed by atoms with Crippen LogP contribution in [-0.2, 0) is 13.6 Å². The van der Waals surface area contributed by atoms with Crippen LogP contribution in [0.25, 0.3) is 0 Å². The molecule has 0 saturated heterocycles. The molecule has 0 unspecified atom stereocenters. The molecule has 0 aliphatic carbocycles. The smallest absolute Gasteiger partial charge is 0.356 e. The van der Waals surface area contributed by atoms with Crippen molar-refractivity contribution in [3.63, 3.8) is 0 Å². The number of hydrogen-bond donors (Lipinski definition) is 2. The van der Waals surface area contributed by atoms with Crippen LogP contribution in [0.5, 0.6) is 5.88 Å². The molecule has 2 aromatic rings. The van der Waals surface area contributed by atoms with Gasteiger partial charge in [-0.2, -0.15) is 5.10 Å². The van der Waals surface area contributed by atoms with Gasteiger partial charge in [0.2, 0.25) is 5.88 Å². The maximum absolute atomic E-state index is 12.0. The number of rotatable bonds is 5. The van der Waals surface area contributed by atoms with Crippen LogP contribution in [0.3, 0.4) is 0 Å². The first kappa shape index (κ1) is 15.4. The van der Waals surface area contributed by atoms with Gasteiger partial charge in [-0.3, -0.25) is 4.79 Å². The Bertz CT molecular complexity index is 708. The Hall–Kier alpha value is -2.97. The summed E-state index contributed by atoms with van der Waals surface area (Å²) in [6.07, 6.45) is 2.15. The number of amides is 1. The zero-order valence-corrected chi connectivity index (χ0v) is 12.3. The molecule has 0 saturated carbocycles. The van der Waals surface area contributed by atoms with Crippen LogP contribution in [0.1, 0.15) is 32.2 Å². The summed E-state index contributed by atoms with van der Waals surface area (Å²) in [5, 5.41) is 15.6. The third-order valence-corrected chi connectivity index (χ3v) is 3.01. The normalized spacial score (nSPS) is 10.3. The Morgan fingerprint density at radius 3 is 2.50 bits per heavy atom. The van der Waals surface area contributed by atoms with Gasteiger partial charge in [-0.05, 0) is 6.92 Å². The van der Waals surface area contributed by atoms with Crippen molar-refractivity contribution in [3.05, 3.63) is 35.0 Å². The molecule has 0 radical (unpaired) electrons. The summed E-state index contributed by atoms with van der Waals surface area (Å²) in [6.45, 7) is 2.02. The average molecular weight is 305 g/mol. The van der Waals surface area contributed by atoms with Crippen LogP contribution in [0.4, 0.5) is 0 Å². The van der Waals surface area contributed by atoms with E-state index in [0.717, 1.165) is 23.7 Å². The number of hydrogen-bond acceptors (Lipinski definition) is 6. The minimum atomic E-state index is -1.20. The maximum atomic E-state index is 12.0. The van der Waals surface area contributed by atoms with E-state index >= 15 is 0 Å². The third-order valence-electron chi connectivity index (χ3n) is 3.01. The largest absolute Gasteiger partial charge is 0.481 e. The summed E-state index contributed by atoms with van der Waals surface area (Å²) in [5.74, 6) is -1.10. The number of carboxylic acid groups (broad SMARTS) is 1. The first-order valence-corrected chi connectivity index (χ1v) is 6.34. The monoisotopic (exact) mass is 305 g/mol. The summed E-state index contributed by atoms with van der Waals surface area (Å²) in [4.78, 5) is 30.1. The van der Waals surface area contributed by atoms with E-state index in [1.165, 1.54) is 7.11 Å². The van der Waals surface area contributed by atoms with Gasteiger partial charge in [-0.15, -0.1) is 0 Å². The van der Waals surface area contributed by atoms with Crippen molar-refractivity contribution in [3.8, 4) is 5.88 Å². The lowest BCUT2D eigenvalue weighted by Crippen LogP contribution is -2.24. The Morgan fingerprint density at radius 2 is 1.95 bits per heavy atom. The topological polar surface area (TPSA) is 119 Å². The number of carboxylic acids is 1. The van der Waals surface area contributed by atoms with E-state index in [9.17, 15) is 9.59 Å². The van der Waals surface area contributed by atoms with E-state index in [4.69, 9.17) is 9.84 Å². The van der Waals surface area contributed by atoms with Crippen molar-refractivity contribution in [1.82, 2.24) is 25.1 Å². The maximum Gasteiger partial charge on any atom is 0.356 e. The number of carbonyl (C=O) groups is 2. The molecule has 116 valence electrons. The molecule has 2 aromatic heterocycles. The van der Waals surface area contributed by atoms with Crippen LogP contribution in [0, 0.1) is 6.92 Å². The molecule has 0 aromatic carbocycles. The zero-order valence-electron chi connectivity index (χ0n) is 12.3. The highest BCUT2D eigenvalue weighted by Gasteiger charge is 2.16. The molecule has 0 aliphatic rings. The predicted molar refractivity (Wildman–Crippen MR) is 74.7 cm³/mol. The van der Waals surface area contributed by atoms with Crippen molar-refractivity contribution in [2.75, 3.05) is 7.11 Å². The molecule has 9 heteroatoms. The molecule has 0 spiro atoms. The summed E-state index contributed by atoms with van der Waals surface area (Å²) in [7, 11) is 3.27. The molecular formula is C13H15N5O4. The van der Waals surface area contributed by atoms with Crippen LogP contribution in [0.15, 0.2) is 12.4 Å². The van der Waals surface area contributed by atoms with Crippen LogP contribution < -0.4 is 10.1 Å². The Balaban J connectivity index is 2.08. The average Bonchev–Trinajstić information content (AvgIpc) is 2.77.